The smallest absolute Gasteiger partial charge is 0.160 e. The van der Waals surface area contributed by atoms with E-state index in [0.29, 0.717) is 24.8 Å². The number of methoxy groups -OCH3 is 1. The number of phenols is 1. The zero-order valence-electron chi connectivity index (χ0n) is 12.0. The quantitative estimate of drug-likeness (QED) is 0.676. The van der Waals surface area contributed by atoms with Crippen LogP contribution < -0.4 is 10.1 Å². The molecule has 0 saturated heterocycles. The van der Waals surface area contributed by atoms with E-state index in [4.69, 9.17) is 4.74 Å². The lowest BCUT2D eigenvalue weighted by atomic mass is 9.96. The summed E-state index contributed by atoms with van der Waals surface area (Å²) in [5.74, 6) is 0.963. The summed E-state index contributed by atoms with van der Waals surface area (Å²) in [6.45, 7) is 5.42. The molecule has 1 aromatic carbocycles. The van der Waals surface area contributed by atoms with E-state index in [1.807, 2.05) is 6.07 Å². The summed E-state index contributed by atoms with van der Waals surface area (Å²) in [4.78, 5) is 0. The number of benzene rings is 1. The molecule has 0 spiro atoms. The lowest BCUT2D eigenvalue weighted by molar-refractivity contribution is 0.101. The molecule has 0 heterocycles. The third-order valence-electron chi connectivity index (χ3n) is 3.52. The van der Waals surface area contributed by atoms with Gasteiger partial charge in [0, 0.05) is 13.1 Å². The minimum Gasteiger partial charge on any atom is -0.504 e. The zero-order chi connectivity index (χ0) is 14.3. The fourth-order valence-electron chi connectivity index (χ4n) is 2.20. The summed E-state index contributed by atoms with van der Waals surface area (Å²) >= 11 is 0. The fraction of sp³-hybridized carbons (Fsp3) is 0.600. The molecule has 1 aromatic rings. The number of phenolic OH excluding ortho intramolecular Hbond substituents is 1. The van der Waals surface area contributed by atoms with E-state index < -0.39 is 0 Å². The Bertz CT molecular complexity index is 378. The minimum atomic E-state index is -0.311. The highest BCUT2D eigenvalue weighted by molar-refractivity contribution is 5.41. The number of rotatable bonds is 8. The van der Waals surface area contributed by atoms with Gasteiger partial charge in [-0.1, -0.05) is 32.8 Å². The number of hydrogen-bond acceptors (Lipinski definition) is 4. The van der Waals surface area contributed by atoms with Crippen molar-refractivity contribution in [2.45, 2.75) is 39.3 Å². The second-order valence-corrected chi connectivity index (χ2v) is 4.78. The monoisotopic (exact) mass is 267 g/mol. The molecule has 1 rings (SSSR count). The molecule has 0 aliphatic rings. The van der Waals surface area contributed by atoms with Crippen LogP contribution in [-0.4, -0.2) is 30.0 Å². The number of aliphatic hydroxyl groups is 1. The highest BCUT2D eigenvalue weighted by Gasteiger charge is 2.14. The molecule has 1 atom stereocenters. The largest absolute Gasteiger partial charge is 0.504 e. The molecule has 0 saturated carbocycles. The second-order valence-electron chi connectivity index (χ2n) is 4.78. The van der Waals surface area contributed by atoms with E-state index in [9.17, 15) is 10.2 Å². The van der Waals surface area contributed by atoms with Crippen LogP contribution in [-0.2, 0) is 6.54 Å². The Morgan fingerprint density at radius 1 is 1.26 bits per heavy atom. The Kier molecular flexibility index (Phi) is 6.67. The predicted molar refractivity (Wildman–Crippen MR) is 76.4 cm³/mol. The highest BCUT2D eigenvalue weighted by atomic mass is 16.5. The van der Waals surface area contributed by atoms with Crippen LogP contribution in [0, 0.1) is 5.92 Å². The van der Waals surface area contributed by atoms with Crippen molar-refractivity contribution in [1.82, 2.24) is 5.32 Å². The topological polar surface area (TPSA) is 61.7 Å². The molecular formula is C15H25NO3. The fourth-order valence-corrected chi connectivity index (χ4v) is 2.20. The van der Waals surface area contributed by atoms with Crippen LogP contribution in [0.3, 0.4) is 0 Å². The van der Waals surface area contributed by atoms with Crippen molar-refractivity contribution >= 4 is 0 Å². The number of aliphatic hydroxyl groups excluding tert-OH is 1. The van der Waals surface area contributed by atoms with Crippen molar-refractivity contribution in [3.05, 3.63) is 23.8 Å². The SMILES string of the molecule is CCC(CC)C(O)CNCc1ccc(O)c(OC)c1. The molecule has 0 fully saturated rings. The molecular weight excluding hydrogens is 242 g/mol. The maximum Gasteiger partial charge on any atom is 0.160 e. The summed E-state index contributed by atoms with van der Waals surface area (Å²) in [5.41, 5.74) is 1.02. The summed E-state index contributed by atoms with van der Waals surface area (Å²) in [6.07, 6.45) is 1.67. The average Bonchev–Trinajstić information content (AvgIpc) is 2.42. The molecule has 0 aromatic heterocycles. The van der Waals surface area contributed by atoms with E-state index in [2.05, 4.69) is 19.2 Å². The van der Waals surface area contributed by atoms with Crippen LogP contribution in [0.1, 0.15) is 32.3 Å². The van der Waals surface area contributed by atoms with Crippen LogP contribution in [0.2, 0.25) is 0 Å². The Morgan fingerprint density at radius 3 is 2.53 bits per heavy atom. The van der Waals surface area contributed by atoms with Crippen molar-refractivity contribution in [1.29, 1.82) is 0 Å². The molecule has 0 amide bonds. The summed E-state index contributed by atoms with van der Waals surface area (Å²) < 4.78 is 5.06. The maximum absolute atomic E-state index is 10.0. The molecule has 19 heavy (non-hydrogen) atoms. The van der Waals surface area contributed by atoms with Gasteiger partial charge in [0.05, 0.1) is 13.2 Å². The Balaban J connectivity index is 2.45. The van der Waals surface area contributed by atoms with E-state index >= 15 is 0 Å². The molecule has 0 bridgehead atoms. The van der Waals surface area contributed by atoms with Crippen LogP contribution in [0.25, 0.3) is 0 Å². The Labute approximate surface area is 115 Å². The van der Waals surface area contributed by atoms with E-state index in [-0.39, 0.29) is 11.9 Å². The summed E-state index contributed by atoms with van der Waals surface area (Å²) in [6, 6.07) is 5.26. The number of ether oxygens (including phenoxy) is 1. The van der Waals surface area contributed by atoms with E-state index in [1.165, 1.54) is 7.11 Å². The van der Waals surface area contributed by atoms with Gasteiger partial charge in [0.15, 0.2) is 11.5 Å². The molecule has 108 valence electrons. The van der Waals surface area contributed by atoms with Crippen LogP contribution in [0.4, 0.5) is 0 Å². The Hall–Kier alpha value is -1.26. The normalized spacial score (nSPS) is 12.7. The van der Waals surface area contributed by atoms with E-state index in [0.717, 1.165) is 18.4 Å². The number of hydrogen-bond donors (Lipinski definition) is 3. The maximum atomic E-state index is 10.0. The molecule has 0 radical (unpaired) electrons. The van der Waals surface area contributed by atoms with Gasteiger partial charge in [0.1, 0.15) is 0 Å². The molecule has 0 aliphatic carbocycles. The lowest BCUT2D eigenvalue weighted by Crippen LogP contribution is -2.32. The molecule has 4 nitrogen and oxygen atoms in total. The van der Waals surface area contributed by atoms with Crippen molar-refractivity contribution in [3.8, 4) is 11.5 Å². The van der Waals surface area contributed by atoms with Gasteiger partial charge in [-0.15, -0.1) is 0 Å². The van der Waals surface area contributed by atoms with Gasteiger partial charge in [-0.3, -0.25) is 0 Å². The molecule has 4 heteroatoms. The van der Waals surface area contributed by atoms with Gasteiger partial charge in [0.2, 0.25) is 0 Å². The lowest BCUT2D eigenvalue weighted by Gasteiger charge is -2.20. The second kappa shape index (κ2) is 8.02. The van der Waals surface area contributed by atoms with Gasteiger partial charge in [0.25, 0.3) is 0 Å². The third-order valence-corrected chi connectivity index (χ3v) is 3.52. The average molecular weight is 267 g/mol. The van der Waals surface area contributed by atoms with Crippen LogP contribution in [0.5, 0.6) is 11.5 Å². The third kappa shape index (κ3) is 4.73. The van der Waals surface area contributed by atoms with Crippen molar-refractivity contribution in [2.24, 2.45) is 5.92 Å². The highest BCUT2D eigenvalue weighted by Crippen LogP contribution is 2.26. The Morgan fingerprint density at radius 2 is 1.95 bits per heavy atom. The van der Waals surface area contributed by atoms with Gasteiger partial charge < -0.3 is 20.3 Å². The first-order valence-corrected chi connectivity index (χ1v) is 6.87. The van der Waals surface area contributed by atoms with Gasteiger partial charge in [-0.05, 0) is 23.6 Å². The zero-order valence-corrected chi connectivity index (χ0v) is 12.0. The molecule has 0 aliphatic heterocycles. The van der Waals surface area contributed by atoms with Gasteiger partial charge in [-0.2, -0.15) is 0 Å². The first-order chi connectivity index (χ1) is 9.12. The van der Waals surface area contributed by atoms with Crippen LogP contribution >= 0.6 is 0 Å². The standard InChI is InChI=1S/C15H25NO3/c1-4-12(5-2)14(18)10-16-9-11-6-7-13(17)15(8-11)19-3/h6-8,12,14,16-18H,4-5,9-10H2,1-3H3. The minimum absolute atomic E-state index is 0.142. The van der Waals surface area contributed by atoms with Gasteiger partial charge in [-0.25, -0.2) is 0 Å². The first kappa shape index (κ1) is 15.8. The van der Waals surface area contributed by atoms with Gasteiger partial charge >= 0.3 is 0 Å². The number of nitrogens with one attached hydrogen (secondary N) is 1. The summed E-state index contributed by atoms with van der Waals surface area (Å²) in [5, 5.41) is 22.7. The number of aromatic hydroxyl groups is 1. The van der Waals surface area contributed by atoms with Crippen molar-refractivity contribution in [2.75, 3.05) is 13.7 Å². The molecule has 3 N–H and O–H groups in total. The first-order valence-electron chi connectivity index (χ1n) is 6.87. The molecule has 1 unspecified atom stereocenters. The van der Waals surface area contributed by atoms with Crippen molar-refractivity contribution in [3.63, 3.8) is 0 Å². The van der Waals surface area contributed by atoms with Crippen molar-refractivity contribution < 1.29 is 14.9 Å². The van der Waals surface area contributed by atoms with E-state index in [1.54, 1.807) is 12.1 Å². The summed E-state index contributed by atoms with van der Waals surface area (Å²) in [7, 11) is 1.53. The predicted octanol–water partition coefficient (Wildman–Crippen LogP) is 2.29. The van der Waals surface area contributed by atoms with Crippen LogP contribution in [0.15, 0.2) is 18.2 Å².